The Morgan fingerprint density at radius 1 is 0.903 bits per heavy atom. The minimum atomic E-state index is -1.08. The molecule has 2 aromatic rings. The smallest absolute Gasteiger partial charge is 0.421 e. The van der Waals surface area contributed by atoms with Crippen LogP contribution in [0, 0.1) is 0 Å². The maximum absolute atomic E-state index is 13.3. The summed E-state index contributed by atoms with van der Waals surface area (Å²) in [5.74, 6) is -1.65. The minimum Gasteiger partial charge on any atom is -0.478 e. The Labute approximate surface area is 182 Å². The number of carbonyl (C=O) groups is 3. The lowest BCUT2D eigenvalue weighted by Gasteiger charge is -2.42. The van der Waals surface area contributed by atoms with Crippen molar-refractivity contribution in [1.82, 2.24) is 0 Å². The van der Waals surface area contributed by atoms with E-state index in [2.05, 4.69) is 27.7 Å². The number of anilines is 1. The molecule has 1 aliphatic carbocycles. The van der Waals surface area contributed by atoms with Crippen LogP contribution in [0.25, 0.3) is 0 Å². The van der Waals surface area contributed by atoms with Crippen molar-refractivity contribution in [3.63, 3.8) is 0 Å². The van der Waals surface area contributed by atoms with Crippen LogP contribution in [-0.4, -0.2) is 29.7 Å². The lowest BCUT2D eigenvalue weighted by Crippen LogP contribution is -2.39. The number of hydrogen-bond acceptors (Lipinski definition) is 4. The highest BCUT2D eigenvalue weighted by atomic mass is 16.6. The molecule has 1 N–H and O–H groups in total. The van der Waals surface area contributed by atoms with E-state index in [4.69, 9.17) is 9.84 Å². The summed E-state index contributed by atoms with van der Waals surface area (Å²) in [6.45, 7) is 10.6. The van der Waals surface area contributed by atoms with Crippen molar-refractivity contribution < 1.29 is 24.2 Å². The van der Waals surface area contributed by atoms with Crippen LogP contribution in [0.15, 0.2) is 42.5 Å². The van der Waals surface area contributed by atoms with Crippen molar-refractivity contribution in [2.24, 2.45) is 0 Å². The number of ether oxygens (including phenoxy) is 1. The van der Waals surface area contributed by atoms with Crippen LogP contribution >= 0.6 is 0 Å². The number of aromatic carboxylic acids is 1. The summed E-state index contributed by atoms with van der Waals surface area (Å²) >= 11 is 0. The largest absolute Gasteiger partial charge is 0.478 e. The molecule has 31 heavy (non-hydrogen) atoms. The molecule has 164 valence electrons. The summed E-state index contributed by atoms with van der Waals surface area (Å²) in [5.41, 5.74) is 2.96. The molecule has 2 amide bonds. The Hall–Kier alpha value is -3.15. The zero-order valence-electron chi connectivity index (χ0n) is 18.7. The van der Waals surface area contributed by atoms with Crippen LogP contribution in [0.5, 0.6) is 0 Å². The Balaban J connectivity index is 2.08. The zero-order valence-corrected chi connectivity index (χ0v) is 18.7. The first-order valence-electron chi connectivity index (χ1n) is 10.5. The number of rotatable bonds is 4. The maximum atomic E-state index is 13.3. The van der Waals surface area contributed by atoms with Crippen molar-refractivity contribution in [3.8, 4) is 0 Å². The van der Waals surface area contributed by atoms with Crippen LogP contribution in [0.4, 0.5) is 10.5 Å². The average Bonchev–Trinajstić information content (AvgIpc) is 2.72. The van der Waals surface area contributed by atoms with Gasteiger partial charge in [0.1, 0.15) is 0 Å². The number of hydrogen-bond donors (Lipinski definition) is 1. The van der Waals surface area contributed by atoms with Crippen LogP contribution in [-0.2, 0) is 15.6 Å². The van der Waals surface area contributed by atoms with Gasteiger partial charge in [0.2, 0.25) is 0 Å². The second-order valence-corrected chi connectivity index (χ2v) is 9.22. The first-order chi connectivity index (χ1) is 14.5. The summed E-state index contributed by atoms with van der Waals surface area (Å²) < 4.78 is 5.17. The van der Waals surface area contributed by atoms with E-state index in [0.717, 1.165) is 23.3 Å². The molecule has 2 aromatic carbocycles. The molecule has 1 aliphatic rings. The number of nitrogens with zero attached hydrogens (tertiary/aromatic N) is 1. The van der Waals surface area contributed by atoms with Gasteiger partial charge in [-0.2, -0.15) is 0 Å². The Morgan fingerprint density at radius 3 is 2.00 bits per heavy atom. The predicted octanol–water partition coefficient (Wildman–Crippen LogP) is 5.54. The fraction of sp³-hybridized carbons (Fsp3) is 0.400. The number of imide groups is 1. The van der Waals surface area contributed by atoms with E-state index < -0.39 is 18.0 Å². The van der Waals surface area contributed by atoms with Crippen molar-refractivity contribution in [3.05, 3.63) is 64.7 Å². The van der Waals surface area contributed by atoms with Gasteiger partial charge in [0.25, 0.3) is 5.91 Å². The van der Waals surface area contributed by atoms with E-state index in [9.17, 15) is 14.4 Å². The van der Waals surface area contributed by atoms with E-state index in [1.54, 1.807) is 13.0 Å². The van der Waals surface area contributed by atoms with Gasteiger partial charge in [0.15, 0.2) is 0 Å². The molecule has 0 fully saturated rings. The Kier molecular flexibility index (Phi) is 5.94. The van der Waals surface area contributed by atoms with Gasteiger partial charge >= 0.3 is 12.1 Å². The maximum Gasteiger partial charge on any atom is 0.421 e. The molecule has 0 unspecified atom stereocenters. The van der Waals surface area contributed by atoms with Crippen molar-refractivity contribution >= 4 is 23.7 Å². The van der Waals surface area contributed by atoms with Crippen molar-refractivity contribution in [2.75, 3.05) is 11.5 Å². The lowest BCUT2D eigenvalue weighted by atomic mass is 9.63. The van der Waals surface area contributed by atoms with Gasteiger partial charge in [-0.1, -0.05) is 33.8 Å². The summed E-state index contributed by atoms with van der Waals surface area (Å²) in [7, 11) is 0. The molecule has 0 radical (unpaired) electrons. The third-order valence-electron chi connectivity index (χ3n) is 6.13. The second-order valence-electron chi connectivity index (χ2n) is 9.22. The normalized spacial score (nSPS) is 16.2. The molecule has 0 atom stereocenters. The van der Waals surface area contributed by atoms with Gasteiger partial charge in [-0.25, -0.2) is 14.5 Å². The van der Waals surface area contributed by atoms with Gasteiger partial charge in [0, 0.05) is 5.56 Å². The molecular weight excluding hydrogens is 394 g/mol. The third-order valence-corrected chi connectivity index (χ3v) is 6.13. The topological polar surface area (TPSA) is 83.9 Å². The summed E-state index contributed by atoms with van der Waals surface area (Å²) in [5, 5.41) is 9.09. The highest BCUT2D eigenvalue weighted by Gasteiger charge is 2.38. The number of carboxylic acid groups (broad SMARTS) is 1. The molecule has 0 saturated carbocycles. The SMILES string of the molecule is CCOC(=O)N(C(=O)c1ccc(C(=O)O)cc1)c1ccc2c(c1)C(C)(C)CCC2(C)C. The molecular formula is C25H29NO5. The molecule has 6 heteroatoms. The summed E-state index contributed by atoms with van der Waals surface area (Å²) in [6.07, 6.45) is 1.30. The standard InChI is InChI=1S/C25H29NO5/c1-6-31-23(30)26(21(27)16-7-9-17(10-8-16)22(28)29)18-11-12-19-20(15-18)25(4,5)14-13-24(19,2)3/h7-12,15H,6,13-14H2,1-5H3,(H,28,29). The van der Waals surface area contributed by atoms with Crippen LogP contribution in [0.3, 0.4) is 0 Å². The van der Waals surface area contributed by atoms with Gasteiger partial charge in [0.05, 0.1) is 17.9 Å². The van der Waals surface area contributed by atoms with Crippen LogP contribution < -0.4 is 4.90 Å². The molecule has 0 bridgehead atoms. The second kappa shape index (κ2) is 8.17. The number of fused-ring (bicyclic) bond motifs is 1. The number of carbonyl (C=O) groups excluding carboxylic acids is 2. The molecule has 0 saturated heterocycles. The van der Waals surface area contributed by atoms with E-state index in [-0.39, 0.29) is 28.6 Å². The summed E-state index contributed by atoms with van der Waals surface area (Å²) in [6, 6.07) is 11.2. The van der Waals surface area contributed by atoms with E-state index in [1.807, 2.05) is 12.1 Å². The number of amides is 2. The highest BCUT2D eigenvalue weighted by Crippen LogP contribution is 2.46. The Morgan fingerprint density at radius 2 is 1.45 bits per heavy atom. The van der Waals surface area contributed by atoms with Gasteiger partial charge < -0.3 is 9.84 Å². The quantitative estimate of drug-likeness (QED) is 0.698. The average molecular weight is 424 g/mol. The van der Waals surface area contributed by atoms with E-state index in [0.29, 0.717) is 5.69 Å². The van der Waals surface area contributed by atoms with E-state index >= 15 is 0 Å². The first-order valence-corrected chi connectivity index (χ1v) is 10.5. The lowest BCUT2D eigenvalue weighted by molar-refractivity contribution is 0.0696. The molecule has 0 spiro atoms. The minimum absolute atomic E-state index is 0.00874. The molecule has 6 nitrogen and oxygen atoms in total. The van der Waals surface area contributed by atoms with Crippen LogP contribution in [0.1, 0.15) is 79.3 Å². The predicted molar refractivity (Wildman–Crippen MR) is 119 cm³/mol. The zero-order chi connectivity index (χ0) is 23.0. The molecule has 3 rings (SSSR count). The van der Waals surface area contributed by atoms with Crippen molar-refractivity contribution in [2.45, 2.75) is 58.3 Å². The van der Waals surface area contributed by atoms with Gasteiger partial charge in [-0.05, 0) is 78.1 Å². The summed E-state index contributed by atoms with van der Waals surface area (Å²) in [4.78, 5) is 38.2. The Bertz CT molecular complexity index is 1020. The van der Waals surface area contributed by atoms with Crippen LogP contribution in [0.2, 0.25) is 0 Å². The molecule has 0 aliphatic heterocycles. The monoisotopic (exact) mass is 423 g/mol. The van der Waals surface area contributed by atoms with E-state index in [1.165, 1.54) is 29.8 Å². The fourth-order valence-corrected chi connectivity index (χ4v) is 4.09. The fourth-order valence-electron chi connectivity index (χ4n) is 4.09. The highest BCUT2D eigenvalue weighted by molar-refractivity contribution is 6.19. The number of carboxylic acids is 1. The third kappa shape index (κ3) is 4.33. The molecule has 0 aromatic heterocycles. The molecule has 0 heterocycles. The van der Waals surface area contributed by atoms with Gasteiger partial charge in [-0.15, -0.1) is 0 Å². The number of benzene rings is 2. The first kappa shape index (κ1) is 22.5. The van der Waals surface area contributed by atoms with Crippen molar-refractivity contribution in [1.29, 1.82) is 0 Å². The van der Waals surface area contributed by atoms with Gasteiger partial charge in [-0.3, -0.25) is 4.79 Å².